The first kappa shape index (κ1) is 13.4. The van der Waals surface area contributed by atoms with E-state index in [2.05, 4.69) is 15.5 Å². The van der Waals surface area contributed by atoms with Gasteiger partial charge in [-0.25, -0.2) is 0 Å². The molecule has 0 aliphatic rings. The van der Waals surface area contributed by atoms with Gasteiger partial charge in [0.1, 0.15) is 5.58 Å². The van der Waals surface area contributed by atoms with Gasteiger partial charge in [0.15, 0.2) is 5.76 Å². The molecule has 0 fully saturated rings. The summed E-state index contributed by atoms with van der Waals surface area (Å²) in [6, 6.07) is 5.92. The first-order valence-corrected chi connectivity index (χ1v) is 6.72. The van der Waals surface area contributed by atoms with E-state index >= 15 is 0 Å². The highest BCUT2D eigenvalue weighted by Crippen LogP contribution is 2.32. The zero-order chi connectivity index (χ0) is 15.0. The molecule has 0 unspecified atom stereocenters. The molecular formula is C15H15N3O3. The van der Waals surface area contributed by atoms with Gasteiger partial charge in [0.25, 0.3) is 5.89 Å². The summed E-state index contributed by atoms with van der Waals surface area (Å²) in [7, 11) is 0. The minimum absolute atomic E-state index is 0.0668. The highest BCUT2D eigenvalue weighted by molar-refractivity contribution is 5.90. The van der Waals surface area contributed by atoms with Gasteiger partial charge in [0.2, 0.25) is 0 Å². The number of amides is 1. The topological polar surface area (TPSA) is 81.2 Å². The van der Waals surface area contributed by atoms with Crippen molar-refractivity contribution in [3.63, 3.8) is 0 Å². The Morgan fingerprint density at radius 1 is 1.24 bits per heavy atom. The van der Waals surface area contributed by atoms with Crippen LogP contribution in [0.25, 0.3) is 22.6 Å². The summed E-state index contributed by atoms with van der Waals surface area (Å²) < 4.78 is 11.2. The van der Waals surface area contributed by atoms with Crippen molar-refractivity contribution < 1.29 is 13.6 Å². The second kappa shape index (κ2) is 5.05. The van der Waals surface area contributed by atoms with Crippen LogP contribution in [-0.2, 0) is 0 Å². The van der Waals surface area contributed by atoms with Gasteiger partial charge in [-0.15, -0.1) is 10.2 Å². The highest BCUT2D eigenvalue weighted by atomic mass is 16.4. The average molecular weight is 285 g/mol. The van der Waals surface area contributed by atoms with Crippen molar-refractivity contribution in [2.75, 3.05) is 6.54 Å². The maximum Gasteiger partial charge on any atom is 0.308 e. The molecule has 2 heterocycles. The van der Waals surface area contributed by atoms with Crippen molar-refractivity contribution >= 4 is 16.9 Å². The smallest absolute Gasteiger partial charge is 0.308 e. The van der Waals surface area contributed by atoms with Gasteiger partial charge in [-0.05, 0) is 32.9 Å². The predicted molar refractivity (Wildman–Crippen MR) is 77.0 cm³/mol. The number of fused-ring (bicyclic) bond motifs is 1. The Balaban J connectivity index is 2.05. The van der Waals surface area contributed by atoms with Crippen LogP contribution < -0.4 is 5.32 Å². The van der Waals surface area contributed by atoms with Gasteiger partial charge in [-0.1, -0.05) is 11.6 Å². The van der Waals surface area contributed by atoms with Crippen LogP contribution in [0.3, 0.4) is 0 Å². The van der Waals surface area contributed by atoms with Crippen molar-refractivity contribution in [3.8, 4) is 11.7 Å². The quantitative estimate of drug-likeness (QED) is 0.800. The molecule has 3 rings (SSSR count). The lowest BCUT2D eigenvalue weighted by Crippen LogP contribution is -2.22. The molecule has 0 atom stereocenters. The van der Waals surface area contributed by atoms with Crippen LogP contribution >= 0.6 is 0 Å². The van der Waals surface area contributed by atoms with Gasteiger partial charge in [-0.3, -0.25) is 4.79 Å². The fraction of sp³-hybridized carbons (Fsp3) is 0.267. The van der Waals surface area contributed by atoms with E-state index in [-0.39, 0.29) is 17.7 Å². The van der Waals surface area contributed by atoms with Crippen LogP contribution in [-0.4, -0.2) is 22.6 Å². The normalized spacial score (nSPS) is 11.0. The molecular weight excluding hydrogens is 270 g/mol. The molecule has 0 bridgehead atoms. The standard InChI is InChI=1S/C15H15N3O3/c1-4-16-13(19)15-18-17-14(21-15)12-9(3)10-7-8(2)5-6-11(10)20-12/h5-7H,4H2,1-3H3,(H,16,19). The van der Waals surface area contributed by atoms with Crippen molar-refractivity contribution in [1.82, 2.24) is 15.5 Å². The van der Waals surface area contributed by atoms with E-state index in [4.69, 9.17) is 8.83 Å². The van der Waals surface area contributed by atoms with Gasteiger partial charge in [0.05, 0.1) is 0 Å². The lowest BCUT2D eigenvalue weighted by atomic mass is 10.1. The van der Waals surface area contributed by atoms with Crippen molar-refractivity contribution in [2.45, 2.75) is 20.8 Å². The Labute approximate surface area is 121 Å². The molecule has 2 aromatic heterocycles. The number of carbonyl (C=O) groups excluding carboxylic acids is 1. The minimum Gasteiger partial charge on any atom is -0.451 e. The molecule has 6 nitrogen and oxygen atoms in total. The Morgan fingerprint density at radius 2 is 2.05 bits per heavy atom. The fourth-order valence-corrected chi connectivity index (χ4v) is 2.18. The summed E-state index contributed by atoms with van der Waals surface area (Å²) >= 11 is 0. The summed E-state index contributed by atoms with van der Waals surface area (Å²) in [5, 5.41) is 11.3. The third kappa shape index (κ3) is 2.29. The number of nitrogens with zero attached hydrogens (tertiary/aromatic N) is 2. The van der Waals surface area contributed by atoms with Crippen LogP contribution in [0.5, 0.6) is 0 Å². The molecule has 0 spiro atoms. The minimum atomic E-state index is -0.388. The largest absolute Gasteiger partial charge is 0.451 e. The number of carbonyl (C=O) groups is 1. The van der Waals surface area contributed by atoms with Gasteiger partial charge in [-0.2, -0.15) is 0 Å². The molecule has 21 heavy (non-hydrogen) atoms. The summed E-state index contributed by atoms with van der Waals surface area (Å²) in [6.45, 7) is 6.27. The zero-order valence-corrected chi connectivity index (χ0v) is 12.1. The molecule has 1 aromatic carbocycles. The Morgan fingerprint density at radius 3 is 2.81 bits per heavy atom. The van der Waals surface area contributed by atoms with E-state index in [0.29, 0.717) is 12.3 Å². The maximum atomic E-state index is 11.7. The van der Waals surface area contributed by atoms with Crippen LogP contribution in [0.1, 0.15) is 28.7 Å². The number of nitrogens with one attached hydrogen (secondary N) is 1. The number of hydrogen-bond acceptors (Lipinski definition) is 5. The summed E-state index contributed by atoms with van der Waals surface area (Å²) in [4.78, 5) is 11.7. The number of aryl methyl sites for hydroxylation is 2. The molecule has 0 radical (unpaired) electrons. The van der Waals surface area contributed by atoms with Gasteiger partial charge >= 0.3 is 11.8 Å². The summed E-state index contributed by atoms with van der Waals surface area (Å²) in [5.41, 5.74) is 2.82. The van der Waals surface area contributed by atoms with Crippen LogP contribution in [0.2, 0.25) is 0 Å². The monoisotopic (exact) mass is 285 g/mol. The van der Waals surface area contributed by atoms with E-state index in [1.165, 1.54) is 0 Å². The molecule has 6 heteroatoms. The maximum absolute atomic E-state index is 11.7. The Hall–Kier alpha value is -2.63. The van der Waals surface area contributed by atoms with Crippen molar-refractivity contribution in [1.29, 1.82) is 0 Å². The molecule has 1 N–H and O–H groups in total. The van der Waals surface area contributed by atoms with Crippen LogP contribution in [0.4, 0.5) is 0 Å². The van der Waals surface area contributed by atoms with Gasteiger partial charge in [0, 0.05) is 17.5 Å². The number of aromatic nitrogens is 2. The van der Waals surface area contributed by atoms with Crippen molar-refractivity contribution in [3.05, 3.63) is 35.2 Å². The number of furan rings is 1. The first-order valence-electron chi connectivity index (χ1n) is 6.72. The molecule has 0 aliphatic carbocycles. The summed E-state index contributed by atoms with van der Waals surface area (Å²) in [5.74, 6) is 0.255. The molecule has 3 aromatic rings. The molecule has 1 amide bonds. The lowest BCUT2D eigenvalue weighted by molar-refractivity contribution is 0.0921. The lowest BCUT2D eigenvalue weighted by Gasteiger charge is -1.94. The van der Waals surface area contributed by atoms with Crippen LogP contribution in [0, 0.1) is 13.8 Å². The number of rotatable bonds is 3. The second-order valence-electron chi connectivity index (χ2n) is 4.83. The van der Waals surface area contributed by atoms with E-state index < -0.39 is 0 Å². The number of hydrogen-bond donors (Lipinski definition) is 1. The van der Waals surface area contributed by atoms with E-state index in [0.717, 1.165) is 22.1 Å². The second-order valence-corrected chi connectivity index (χ2v) is 4.83. The van der Waals surface area contributed by atoms with E-state index in [1.807, 2.05) is 39.0 Å². The molecule has 0 saturated heterocycles. The third-order valence-electron chi connectivity index (χ3n) is 3.24. The SMILES string of the molecule is CCNC(=O)c1nnc(-c2oc3ccc(C)cc3c2C)o1. The predicted octanol–water partition coefficient (Wildman–Crippen LogP) is 2.85. The number of benzene rings is 1. The molecule has 108 valence electrons. The Bertz CT molecular complexity index is 817. The average Bonchev–Trinajstić information content (AvgIpc) is 3.05. The third-order valence-corrected chi connectivity index (χ3v) is 3.24. The Kier molecular flexibility index (Phi) is 3.21. The van der Waals surface area contributed by atoms with Gasteiger partial charge < -0.3 is 14.2 Å². The molecule has 0 aliphatic heterocycles. The van der Waals surface area contributed by atoms with E-state index in [1.54, 1.807) is 0 Å². The van der Waals surface area contributed by atoms with E-state index in [9.17, 15) is 4.79 Å². The zero-order valence-electron chi connectivity index (χ0n) is 12.1. The van der Waals surface area contributed by atoms with Crippen LogP contribution in [0.15, 0.2) is 27.0 Å². The van der Waals surface area contributed by atoms with Crippen molar-refractivity contribution in [2.24, 2.45) is 0 Å². The highest BCUT2D eigenvalue weighted by Gasteiger charge is 2.20. The fourth-order valence-electron chi connectivity index (χ4n) is 2.18. The molecule has 0 saturated carbocycles. The first-order chi connectivity index (χ1) is 10.1. The summed E-state index contributed by atoms with van der Waals surface area (Å²) in [6.07, 6.45) is 0.